The molecule has 0 fully saturated rings. The molecule has 0 aromatic rings. The third-order valence-electron chi connectivity index (χ3n) is 2.30. The first-order valence-electron chi connectivity index (χ1n) is 5.70. The summed E-state index contributed by atoms with van der Waals surface area (Å²) >= 11 is 1.79. The molecule has 3 N–H and O–H groups in total. The highest BCUT2D eigenvalue weighted by Gasteiger charge is 2.33. The van der Waals surface area contributed by atoms with Gasteiger partial charge in [-0.25, -0.2) is 10.5 Å². The van der Waals surface area contributed by atoms with Crippen molar-refractivity contribution in [3.63, 3.8) is 0 Å². The Hall–Kier alpha value is -0.470. The molecule has 0 aromatic heterocycles. The van der Waals surface area contributed by atoms with Crippen molar-refractivity contribution in [1.29, 1.82) is 0 Å². The predicted molar refractivity (Wildman–Crippen MR) is 65.3 cm³/mol. The smallest absolute Gasteiger partial charge is 0.333 e. The van der Waals surface area contributed by atoms with Crippen LogP contribution < -0.4 is 28.6 Å². The molecule has 0 rings (SSSR count). The van der Waals surface area contributed by atoms with Crippen LogP contribution >= 0.6 is 0 Å². The Labute approximate surface area is 122 Å². The monoisotopic (exact) mass is 369 g/mol. The molecule has 105 valence electrons. The molecule has 0 saturated carbocycles. The fourth-order valence-electron chi connectivity index (χ4n) is 1.38. The molecule has 0 bridgehead atoms. The highest BCUT2D eigenvalue weighted by Crippen LogP contribution is 2.17. The zero-order chi connectivity index (χ0) is 14.5. The molecule has 0 saturated heterocycles. The van der Waals surface area contributed by atoms with Crippen molar-refractivity contribution in [1.82, 2.24) is 0 Å². The lowest BCUT2D eigenvalue weighted by Crippen LogP contribution is -3.41. The molecule has 5 nitrogen and oxygen atoms in total. The van der Waals surface area contributed by atoms with Crippen molar-refractivity contribution in [3.05, 3.63) is 12.2 Å². The van der Waals surface area contributed by atoms with Crippen molar-refractivity contribution in [2.45, 2.75) is 45.6 Å². The summed E-state index contributed by atoms with van der Waals surface area (Å²) in [7, 11) is 0. The molecule has 2 unspecified atom stereocenters. The third-order valence-corrected chi connectivity index (χ3v) is 3.14. The molecular weight excluding hydrogens is 347 g/mol. The summed E-state index contributed by atoms with van der Waals surface area (Å²) < 4.78 is 6.49. The maximum Gasteiger partial charge on any atom is 0.333 e. The summed E-state index contributed by atoms with van der Waals surface area (Å²) in [5, 5.41) is 9.95. The van der Waals surface area contributed by atoms with Crippen molar-refractivity contribution in [2.75, 3.05) is 0 Å². The number of carbonyl (C=O) groups excluding carboxylic acids is 1. The van der Waals surface area contributed by atoms with Gasteiger partial charge in [0.1, 0.15) is 12.8 Å². The topological polar surface area (TPSA) is 75.6 Å². The van der Waals surface area contributed by atoms with Crippen LogP contribution in [0.1, 0.15) is 33.6 Å². The zero-order valence-electron chi connectivity index (χ0n) is 11.1. The molecule has 0 amide bonds. The number of aliphatic hydroxyl groups is 1. The maximum atomic E-state index is 11.5. The standard InChI is InChI=1S/C12H22IN2O3/c1-8(2)6-10(18-11(16)9(3)4)7-12(14,17)15(5)13/h8,10,17H,3,5-7,14H2,1-2,4H3. The van der Waals surface area contributed by atoms with Crippen molar-refractivity contribution in [2.24, 2.45) is 11.7 Å². The second-order valence-corrected chi connectivity index (χ2v) is 6.05. The van der Waals surface area contributed by atoms with E-state index in [1.165, 1.54) is 2.79 Å². The highest BCUT2D eigenvalue weighted by atomic mass is 127. The van der Waals surface area contributed by atoms with E-state index < -0.39 is 17.9 Å². The largest absolute Gasteiger partial charge is 0.459 e. The van der Waals surface area contributed by atoms with E-state index in [4.69, 9.17) is 10.5 Å². The predicted octanol–water partition coefficient (Wildman–Crippen LogP) is -2.30. The van der Waals surface area contributed by atoms with E-state index in [-0.39, 0.29) is 6.42 Å². The van der Waals surface area contributed by atoms with Gasteiger partial charge in [0, 0.05) is 5.57 Å². The second-order valence-electron chi connectivity index (χ2n) is 4.88. The summed E-state index contributed by atoms with van der Waals surface area (Å²) in [6.07, 6.45) is 0.239. The van der Waals surface area contributed by atoms with Crippen molar-refractivity contribution < 1.29 is 40.3 Å². The van der Waals surface area contributed by atoms with E-state index in [2.05, 4.69) is 13.3 Å². The van der Waals surface area contributed by atoms with Crippen molar-refractivity contribution >= 4 is 12.7 Å². The van der Waals surface area contributed by atoms with E-state index in [1.807, 2.05) is 13.8 Å². The van der Waals surface area contributed by atoms with E-state index in [0.29, 0.717) is 17.9 Å². The number of rotatable bonds is 7. The highest BCUT2D eigenvalue weighted by molar-refractivity contribution is 5.87. The molecule has 0 heterocycles. The summed E-state index contributed by atoms with van der Waals surface area (Å²) in [5.41, 5.74) is 6.01. The number of halogens is 1. The Morgan fingerprint density at radius 3 is 2.44 bits per heavy atom. The Morgan fingerprint density at radius 1 is 1.61 bits per heavy atom. The van der Waals surface area contributed by atoms with Crippen LogP contribution in [-0.4, -0.2) is 32.5 Å². The summed E-state index contributed by atoms with van der Waals surface area (Å²) in [5.74, 6) is -1.77. The van der Waals surface area contributed by atoms with Gasteiger partial charge in [-0.15, -0.1) is 0 Å². The zero-order valence-corrected chi connectivity index (χ0v) is 13.3. The normalized spacial score (nSPS) is 15.9. The number of carbonyl (C=O) groups is 1. The number of nitrogens with two attached hydrogens (primary N) is 1. The molecular formula is C12H22IN2O3. The summed E-state index contributed by atoms with van der Waals surface area (Å²) in [6.45, 7) is 12.7. The van der Waals surface area contributed by atoms with Gasteiger partial charge < -0.3 is 35.5 Å². The molecule has 0 aromatic carbocycles. The van der Waals surface area contributed by atoms with Crippen molar-refractivity contribution in [3.8, 4) is 0 Å². The fourth-order valence-corrected chi connectivity index (χ4v) is 1.58. The first-order chi connectivity index (χ1) is 8.06. The average molecular weight is 369 g/mol. The number of nitrogens with zero attached hydrogens (tertiary/aromatic N) is 1. The van der Waals surface area contributed by atoms with Crippen LogP contribution in [0.15, 0.2) is 12.2 Å². The minimum absolute atomic E-state index is 0.0939. The van der Waals surface area contributed by atoms with Crippen LogP contribution in [-0.2, 0) is 9.53 Å². The second kappa shape index (κ2) is 7.20. The van der Waals surface area contributed by atoms with E-state index in [0.717, 1.165) is 0 Å². The Balaban J connectivity index is 4.74. The Morgan fingerprint density at radius 2 is 2.11 bits per heavy atom. The molecule has 0 aliphatic heterocycles. The molecule has 1 radical (unpaired) electrons. The van der Waals surface area contributed by atoms with Gasteiger partial charge in [-0.3, -0.25) is 0 Å². The summed E-state index contributed by atoms with van der Waals surface area (Å²) in [6, 6.07) is 0. The SMILES string of the molecule is C=C(C)C(=O)OC(CC(C)C)CC(N)(O)[N+](=C)[I-]. The van der Waals surface area contributed by atoms with Gasteiger partial charge in [-0.1, -0.05) is 20.4 Å². The minimum atomic E-state index is -1.62. The van der Waals surface area contributed by atoms with E-state index in [9.17, 15) is 9.90 Å². The lowest BCUT2D eigenvalue weighted by atomic mass is 10.0. The van der Waals surface area contributed by atoms with Crippen LogP contribution in [0.4, 0.5) is 0 Å². The Kier molecular flexibility index (Phi) is 7.01. The number of hydrogen-bond donors (Lipinski definition) is 2. The van der Waals surface area contributed by atoms with Gasteiger partial charge in [0.05, 0.1) is 6.42 Å². The number of ether oxygens (including phenoxy) is 1. The molecule has 2 atom stereocenters. The Bertz CT molecular complexity index is 340. The lowest BCUT2D eigenvalue weighted by Gasteiger charge is -2.28. The molecule has 0 aliphatic rings. The quantitative estimate of drug-likeness (QED) is 0.132. The van der Waals surface area contributed by atoms with E-state index >= 15 is 0 Å². The van der Waals surface area contributed by atoms with Crippen LogP contribution in [0, 0.1) is 5.92 Å². The summed E-state index contributed by atoms with van der Waals surface area (Å²) in [4.78, 5) is 11.5. The van der Waals surface area contributed by atoms with Gasteiger partial charge in [0.15, 0.2) is 0 Å². The molecule has 0 aliphatic carbocycles. The molecule has 0 spiro atoms. The number of esters is 1. The van der Waals surface area contributed by atoms with Gasteiger partial charge in [-0.2, -0.15) is 0 Å². The van der Waals surface area contributed by atoms with Crippen LogP contribution in [0.3, 0.4) is 0 Å². The fraction of sp³-hybridized carbons (Fsp3) is 0.667. The first-order valence-corrected chi connectivity index (χ1v) is 6.67. The van der Waals surface area contributed by atoms with Crippen LogP contribution in [0.2, 0.25) is 0 Å². The van der Waals surface area contributed by atoms with Crippen LogP contribution in [0.5, 0.6) is 0 Å². The average Bonchev–Trinajstić information content (AvgIpc) is 2.14. The minimum Gasteiger partial charge on any atom is -0.459 e. The van der Waals surface area contributed by atoms with Gasteiger partial charge in [-0.05, 0) is 19.3 Å². The molecule has 6 heteroatoms. The lowest BCUT2D eigenvalue weighted by molar-refractivity contribution is -1.10. The van der Waals surface area contributed by atoms with Gasteiger partial charge >= 0.3 is 11.8 Å². The first kappa shape index (κ1) is 17.5. The maximum absolute atomic E-state index is 11.5. The van der Waals surface area contributed by atoms with Gasteiger partial charge in [0.25, 0.3) is 0 Å². The van der Waals surface area contributed by atoms with Crippen LogP contribution in [0.25, 0.3) is 0 Å². The number of hydrogen-bond acceptors (Lipinski definition) is 4. The van der Waals surface area contributed by atoms with E-state index in [1.54, 1.807) is 29.8 Å². The molecule has 18 heavy (non-hydrogen) atoms. The van der Waals surface area contributed by atoms with Gasteiger partial charge in [0.2, 0.25) is 0 Å². The third kappa shape index (κ3) is 6.46.